The maximum Gasteiger partial charge on any atom is 0.143 e. The van der Waals surface area contributed by atoms with Gasteiger partial charge in [-0.15, -0.1) is 0 Å². The lowest BCUT2D eigenvalue weighted by Crippen LogP contribution is -2.10. The second-order valence-corrected chi connectivity index (χ2v) is 2.25. The molecule has 0 radical (unpaired) electrons. The molecular formula is C7H12N4O. The van der Waals surface area contributed by atoms with Gasteiger partial charge in [-0.3, -0.25) is 0 Å². The third-order valence-corrected chi connectivity index (χ3v) is 1.38. The van der Waals surface area contributed by atoms with Gasteiger partial charge in [-0.2, -0.15) is 0 Å². The number of nitrogens with zero attached hydrogens (tertiary/aromatic N) is 2. The van der Waals surface area contributed by atoms with Crippen LogP contribution in [0.4, 0.5) is 5.82 Å². The Labute approximate surface area is 70.9 Å². The Bertz CT molecular complexity index is 241. The van der Waals surface area contributed by atoms with E-state index in [9.17, 15) is 0 Å². The molecule has 0 aliphatic rings. The van der Waals surface area contributed by atoms with Gasteiger partial charge in [-0.05, 0) is 0 Å². The fraction of sp³-hybridized carbons (Fsp3) is 0.429. The van der Waals surface area contributed by atoms with E-state index in [2.05, 4.69) is 15.4 Å². The van der Waals surface area contributed by atoms with Crippen molar-refractivity contribution >= 4 is 5.82 Å². The maximum absolute atomic E-state index is 5.18. The van der Waals surface area contributed by atoms with E-state index >= 15 is 0 Å². The average molecular weight is 168 g/mol. The number of nitrogens with two attached hydrogens (primary N) is 1. The number of hydrazine groups is 1. The lowest BCUT2D eigenvalue weighted by atomic mass is 10.4. The summed E-state index contributed by atoms with van der Waals surface area (Å²) in [5.74, 6) is 6.53. The summed E-state index contributed by atoms with van der Waals surface area (Å²) in [6.07, 6.45) is 2.36. The lowest BCUT2D eigenvalue weighted by Gasteiger charge is -2.01. The predicted octanol–water partition coefficient (Wildman–Crippen LogP) is -0.0489. The van der Waals surface area contributed by atoms with Crippen LogP contribution in [0.2, 0.25) is 0 Å². The van der Waals surface area contributed by atoms with Gasteiger partial charge in [0.1, 0.15) is 11.6 Å². The Kier molecular flexibility index (Phi) is 3.43. The molecule has 66 valence electrons. The molecule has 0 aromatic carbocycles. The van der Waals surface area contributed by atoms with E-state index in [4.69, 9.17) is 10.6 Å². The molecule has 0 bridgehead atoms. The van der Waals surface area contributed by atoms with Crippen molar-refractivity contribution in [2.75, 3.05) is 19.1 Å². The molecular weight excluding hydrogens is 156 g/mol. The highest BCUT2D eigenvalue weighted by atomic mass is 16.5. The van der Waals surface area contributed by atoms with E-state index < -0.39 is 0 Å². The summed E-state index contributed by atoms with van der Waals surface area (Å²) >= 11 is 0. The molecule has 5 heteroatoms. The Morgan fingerprint density at radius 2 is 2.50 bits per heavy atom. The summed E-state index contributed by atoms with van der Waals surface area (Å²) in [6.45, 7) is 0.619. The zero-order valence-electron chi connectivity index (χ0n) is 6.95. The SMILES string of the molecule is COCCc1nccc(NN)n1. The van der Waals surface area contributed by atoms with Crippen LogP contribution < -0.4 is 11.3 Å². The Morgan fingerprint density at radius 3 is 3.17 bits per heavy atom. The molecule has 0 aliphatic heterocycles. The minimum atomic E-state index is 0.619. The highest BCUT2D eigenvalue weighted by Crippen LogP contribution is 1.99. The number of nitrogens with one attached hydrogen (secondary N) is 1. The largest absolute Gasteiger partial charge is 0.384 e. The number of hydrogen-bond donors (Lipinski definition) is 2. The van der Waals surface area contributed by atoms with Crippen molar-refractivity contribution in [3.05, 3.63) is 18.1 Å². The predicted molar refractivity (Wildman–Crippen MR) is 45.4 cm³/mol. The molecule has 0 saturated heterocycles. The van der Waals surface area contributed by atoms with Crippen LogP contribution in [0, 0.1) is 0 Å². The first-order chi connectivity index (χ1) is 5.86. The van der Waals surface area contributed by atoms with Gasteiger partial charge in [-0.25, -0.2) is 15.8 Å². The fourth-order valence-electron chi connectivity index (χ4n) is 0.793. The van der Waals surface area contributed by atoms with Gasteiger partial charge in [0, 0.05) is 25.8 Å². The molecule has 0 amide bonds. The minimum Gasteiger partial charge on any atom is -0.384 e. The molecule has 1 rings (SSSR count). The van der Waals surface area contributed by atoms with Crippen LogP contribution in [0.5, 0.6) is 0 Å². The van der Waals surface area contributed by atoms with Crippen LogP contribution in [0.1, 0.15) is 5.82 Å². The van der Waals surface area contributed by atoms with Crippen LogP contribution in [0.3, 0.4) is 0 Å². The number of ether oxygens (including phenoxy) is 1. The molecule has 12 heavy (non-hydrogen) atoms. The number of nitrogen functional groups attached to an aromatic ring is 1. The average Bonchev–Trinajstić information content (AvgIpc) is 2.15. The fourth-order valence-corrected chi connectivity index (χ4v) is 0.793. The van der Waals surface area contributed by atoms with Crippen molar-refractivity contribution in [2.45, 2.75) is 6.42 Å². The molecule has 0 fully saturated rings. The Balaban J connectivity index is 2.60. The first kappa shape index (κ1) is 8.89. The van der Waals surface area contributed by atoms with Crippen molar-refractivity contribution in [2.24, 2.45) is 5.84 Å². The summed E-state index contributed by atoms with van der Waals surface area (Å²) < 4.78 is 4.89. The highest BCUT2D eigenvalue weighted by Gasteiger charge is 1.96. The lowest BCUT2D eigenvalue weighted by molar-refractivity contribution is 0.200. The molecule has 5 nitrogen and oxygen atoms in total. The summed E-state index contributed by atoms with van der Waals surface area (Å²) in [4.78, 5) is 8.14. The van der Waals surface area contributed by atoms with Crippen molar-refractivity contribution < 1.29 is 4.74 Å². The van der Waals surface area contributed by atoms with Crippen molar-refractivity contribution in [1.29, 1.82) is 0 Å². The number of anilines is 1. The zero-order valence-corrected chi connectivity index (χ0v) is 6.95. The molecule has 1 aromatic rings. The van der Waals surface area contributed by atoms with Crippen LogP contribution in [0.15, 0.2) is 12.3 Å². The number of methoxy groups -OCH3 is 1. The van der Waals surface area contributed by atoms with E-state index in [0.717, 1.165) is 5.82 Å². The second kappa shape index (κ2) is 4.63. The molecule has 3 N–H and O–H groups in total. The van der Waals surface area contributed by atoms with E-state index in [1.54, 1.807) is 19.4 Å². The van der Waals surface area contributed by atoms with E-state index in [1.807, 2.05) is 0 Å². The second-order valence-electron chi connectivity index (χ2n) is 2.25. The van der Waals surface area contributed by atoms with Crippen molar-refractivity contribution in [1.82, 2.24) is 9.97 Å². The van der Waals surface area contributed by atoms with E-state index in [0.29, 0.717) is 18.8 Å². The first-order valence-corrected chi connectivity index (χ1v) is 3.64. The standard InChI is InChI=1S/C7H12N4O/c1-12-5-3-6-9-4-2-7(10-6)11-8/h2,4H,3,5,8H2,1H3,(H,9,10,11). The summed E-state index contributed by atoms with van der Waals surface area (Å²) in [5, 5.41) is 0. The maximum atomic E-state index is 5.18. The molecule has 0 saturated carbocycles. The molecule has 0 unspecified atom stereocenters. The highest BCUT2D eigenvalue weighted by molar-refractivity contribution is 5.30. The third kappa shape index (κ3) is 2.44. The van der Waals surface area contributed by atoms with Gasteiger partial charge < -0.3 is 10.2 Å². The normalized spacial score (nSPS) is 9.83. The molecule has 0 aliphatic carbocycles. The van der Waals surface area contributed by atoms with Gasteiger partial charge in [0.25, 0.3) is 0 Å². The van der Waals surface area contributed by atoms with Crippen LogP contribution >= 0.6 is 0 Å². The monoisotopic (exact) mass is 168 g/mol. The van der Waals surface area contributed by atoms with E-state index in [-0.39, 0.29) is 0 Å². The summed E-state index contributed by atoms with van der Waals surface area (Å²) in [7, 11) is 1.64. The third-order valence-electron chi connectivity index (χ3n) is 1.38. The number of aromatic nitrogens is 2. The van der Waals surface area contributed by atoms with Crippen LogP contribution in [-0.2, 0) is 11.2 Å². The Morgan fingerprint density at radius 1 is 1.67 bits per heavy atom. The van der Waals surface area contributed by atoms with Crippen LogP contribution in [0.25, 0.3) is 0 Å². The molecule has 1 aromatic heterocycles. The van der Waals surface area contributed by atoms with E-state index in [1.165, 1.54) is 0 Å². The molecule has 0 spiro atoms. The van der Waals surface area contributed by atoms with Crippen molar-refractivity contribution in [3.63, 3.8) is 0 Å². The number of hydrogen-bond acceptors (Lipinski definition) is 5. The van der Waals surface area contributed by atoms with Crippen LogP contribution in [-0.4, -0.2) is 23.7 Å². The summed E-state index contributed by atoms with van der Waals surface area (Å²) in [5.41, 5.74) is 2.45. The van der Waals surface area contributed by atoms with Gasteiger partial charge in [0.2, 0.25) is 0 Å². The Hall–Kier alpha value is -1.20. The first-order valence-electron chi connectivity index (χ1n) is 3.64. The van der Waals surface area contributed by atoms with Crippen molar-refractivity contribution in [3.8, 4) is 0 Å². The number of rotatable bonds is 4. The zero-order chi connectivity index (χ0) is 8.81. The van der Waals surface area contributed by atoms with Gasteiger partial charge in [0.15, 0.2) is 0 Å². The minimum absolute atomic E-state index is 0.619. The topological polar surface area (TPSA) is 73.1 Å². The van der Waals surface area contributed by atoms with Gasteiger partial charge in [0.05, 0.1) is 6.61 Å². The van der Waals surface area contributed by atoms with Gasteiger partial charge in [-0.1, -0.05) is 0 Å². The van der Waals surface area contributed by atoms with Gasteiger partial charge >= 0.3 is 0 Å². The smallest absolute Gasteiger partial charge is 0.143 e. The molecule has 1 heterocycles. The molecule has 0 atom stereocenters. The quantitative estimate of drug-likeness (QED) is 0.487. The summed E-state index contributed by atoms with van der Waals surface area (Å²) in [6, 6.07) is 1.70.